The molecule has 1 amide bonds. The van der Waals surface area contributed by atoms with Crippen LogP contribution in [0.15, 0.2) is 30.9 Å². The van der Waals surface area contributed by atoms with Crippen molar-refractivity contribution in [2.24, 2.45) is 11.8 Å². The smallest absolute Gasteiger partial charge is 0.237 e. The molecule has 1 aliphatic heterocycles. The maximum atomic E-state index is 11.6. The number of carbonyl (C=O) groups excluding carboxylic acids is 1. The predicted molar refractivity (Wildman–Crippen MR) is 89.0 cm³/mol. The molecule has 0 spiro atoms. The molecule has 1 aliphatic rings. The van der Waals surface area contributed by atoms with E-state index in [1.807, 2.05) is 18.2 Å². The van der Waals surface area contributed by atoms with Crippen molar-refractivity contribution in [3.05, 3.63) is 36.4 Å². The molecule has 6 heteroatoms. The van der Waals surface area contributed by atoms with Gasteiger partial charge in [-0.3, -0.25) is 15.1 Å². The summed E-state index contributed by atoms with van der Waals surface area (Å²) in [6.45, 7) is 6.60. The van der Waals surface area contributed by atoms with Gasteiger partial charge in [0.25, 0.3) is 0 Å². The summed E-state index contributed by atoms with van der Waals surface area (Å²) < 4.78 is 11.2. The highest BCUT2D eigenvalue weighted by Gasteiger charge is 2.25. The van der Waals surface area contributed by atoms with Gasteiger partial charge in [0.05, 0.1) is 7.11 Å². The Bertz CT molecular complexity index is 540. The van der Waals surface area contributed by atoms with Crippen LogP contribution in [0.25, 0.3) is 0 Å². The van der Waals surface area contributed by atoms with E-state index in [0.29, 0.717) is 6.61 Å². The number of likely N-dealkylation sites (tertiary alicyclic amines) is 1. The molecule has 0 radical (unpaired) electrons. The van der Waals surface area contributed by atoms with E-state index in [9.17, 15) is 4.79 Å². The number of carbonyl (C=O) groups is 1. The normalized spacial score (nSPS) is 15.9. The van der Waals surface area contributed by atoms with Gasteiger partial charge in [-0.2, -0.15) is 0 Å². The Kier molecular flexibility index (Phi) is 6.43. The quantitative estimate of drug-likeness (QED) is 0.344. The molecule has 1 aromatic rings. The Morgan fingerprint density at radius 1 is 1.48 bits per heavy atom. The second-order valence-corrected chi connectivity index (χ2v) is 5.61. The van der Waals surface area contributed by atoms with Gasteiger partial charge in [-0.25, -0.2) is 5.84 Å². The van der Waals surface area contributed by atoms with E-state index in [-0.39, 0.29) is 11.8 Å². The lowest BCUT2D eigenvalue weighted by Crippen LogP contribution is -2.42. The fourth-order valence-electron chi connectivity index (χ4n) is 2.86. The van der Waals surface area contributed by atoms with Gasteiger partial charge < -0.3 is 9.47 Å². The highest BCUT2D eigenvalue weighted by atomic mass is 16.5. The van der Waals surface area contributed by atoms with Gasteiger partial charge >= 0.3 is 0 Å². The molecule has 1 saturated heterocycles. The molecule has 3 N–H and O–H groups in total. The molecule has 6 nitrogen and oxygen atoms in total. The third-order valence-electron chi connectivity index (χ3n) is 4.12. The van der Waals surface area contributed by atoms with Crippen LogP contribution >= 0.6 is 0 Å². The van der Waals surface area contributed by atoms with Crippen LogP contribution in [0.2, 0.25) is 0 Å². The van der Waals surface area contributed by atoms with Gasteiger partial charge in [0.15, 0.2) is 11.5 Å². The minimum Gasteiger partial charge on any atom is -0.493 e. The van der Waals surface area contributed by atoms with Crippen molar-refractivity contribution in [3.63, 3.8) is 0 Å². The summed E-state index contributed by atoms with van der Waals surface area (Å²) in [6.07, 6.45) is 3.35. The average Bonchev–Trinajstić information content (AvgIpc) is 2.60. The van der Waals surface area contributed by atoms with E-state index in [0.717, 1.165) is 49.5 Å². The fourth-order valence-corrected chi connectivity index (χ4v) is 2.86. The van der Waals surface area contributed by atoms with Crippen molar-refractivity contribution in [2.45, 2.75) is 19.4 Å². The van der Waals surface area contributed by atoms with E-state index < -0.39 is 0 Å². The first-order chi connectivity index (χ1) is 11.2. The Hall–Kier alpha value is -2.05. The van der Waals surface area contributed by atoms with Crippen molar-refractivity contribution in [3.8, 4) is 11.5 Å². The van der Waals surface area contributed by atoms with Crippen LogP contribution in [0.1, 0.15) is 18.4 Å². The van der Waals surface area contributed by atoms with E-state index in [2.05, 4.69) is 16.9 Å². The number of hydrogen-bond donors (Lipinski definition) is 2. The first kappa shape index (κ1) is 17.3. The lowest BCUT2D eigenvalue weighted by molar-refractivity contribution is -0.126. The molecule has 0 aliphatic carbocycles. The van der Waals surface area contributed by atoms with Crippen LogP contribution < -0.4 is 20.7 Å². The number of rotatable bonds is 7. The van der Waals surface area contributed by atoms with Crippen LogP contribution in [0.5, 0.6) is 11.5 Å². The first-order valence-electron chi connectivity index (χ1n) is 7.82. The van der Waals surface area contributed by atoms with Crippen molar-refractivity contribution in [1.29, 1.82) is 0 Å². The number of hydrogen-bond acceptors (Lipinski definition) is 5. The summed E-state index contributed by atoms with van der Waals surface area (Å²) in [6, 6.07) is 5.89. The summed E-state index contributed by atoms with van der Waals surface area (Å²) in [7, 11) is 1.64. The number of nitrogens with one attached hydrogen (secondary N) is 1. The van der Waals surface area contributed by atoms with Crippen molar-refractivity contribution in [1.82, 2.24) is 10.3 Å². The zero-order chi connectivity index (χ0) is 16.7. The van der Waals surface area contributed by atoms with E-state index in [1.165, 1.54) is 0 Å². The summed E-state index contributed by atoms with van der Waals surface area (Å²) in [5.41, 5.74) is 3.32. The molecular formula is C17H25N3O3. The third kappa shape index (κ3) is 4.46. The van der Waals surface area contributed by atoms with Gasteiger partial charge in [0, 0.05) is 18.0 Å². The highest BCUT2D eigenvalue weighted by molar-refractivity contribution is 5.78. The SMILES string of the molecule is C=CCOc1c(CN2CCC(C(=O)NN)CC2)cccc1OC. The maximum Gasteiger partial charge on any atom is 0.237 e. The second kappa shape index (κ2) is 8.55. The number of ether oxygens (including phenoxy) is 2. The number of amides is 1. The van der Waals surface area contributed by atoms with Crippen LogP contribution in [0, 0.1) is 5.92 Å². The zero-order valence-electron chi connectivity index (χ0n) is 13.6. The molecule has 126 valence electrons. The van der Waals surface area contributed by atoms with Gasteiger partial charge in [-0.05, 0) is 32.0 Å². The maximum absolute atomic E-state index is 11.6. The highest BCUT2D eigenvalue weighted by Crippen LogP contribution is 2.32. The molecule has 1 fully saturated rings. The van der Waals surface area contributed by atoms with Crippen LogP contribution in [-0.2, 0) is 11.3 Å². The first-order valence-corrected chi connectivity index (χ1v) is 7.82. The topological polar surface area (TPSA) is 76.8 Å². The Morgan fingerprint density at radius 3 is 2.83 bits per heavy atom. The average molecular weight is 319 g/mol. The number of piperidine rings is 1. The van der Waals surface area contributed by atoms with Gasteiger partial charge in [0.1, 0.15) is 6.61 Å². The number of benzene rings is 1. The molecule has 0 saturated carbocycles. The zero-order valence-corrected chi connectivity index (χ0v) is 13.6. The van der Waals surface area contributed by atoms with Gasteiger partial charge in [0.2, 0.25) is 5.91 Å². The minimum atomic E-state index is -0.0685. The van der Waals surface area contributed by atoms with Gasteiger partial charge in [-0.1, -0.05) is 24.8 Å². The van der Waals surface area contributed by atoms with Crippen LogP contribution in [0.4, 0.5) is 0 Å². The molecule has 23 heavy (non-hydrogen) atoms. The van der Waals surface area contributed by atoms with Crippen LogP contribution in [0.3, 0.4) is 0 Å². The number of nitrogens with two attached hydrogens (primary N) is 1. The standard InChI is InChI=1S/C17H25N3O3/c1-3-11-23-16-14(5-4-6-15(16)22-2)12-20-9-7-13(8-10-20)17(21)19-18/h3-6,13H,1,7-12,18H2,2H3,(H,19,21). The predicted octanol–water partition coefficient (Wildman–Crippen LogP) is 1.46. The molecule has 1 aromatic carbocycles. The largest absolute Gasteiger partial charge is 0.493 e. The minimum absolute atomic E-state index is 0.0121. The molecule has 0 bridgehead atoms. The van der Waals surface area contributed by atoms with Gasteiger partial charge in [-0.15, -0.1) is 0 Å². The molecule has 0 aromatic heterocycles. The molecule has 1 heterocycles. The van der Waals surface area contributed by atoms with E-state index in [4.69, 9.17) is 15.3 Å². The lowest BCUT2D eigenvalue weighted by atomic mass is 9.96. The summed E-state index contributed by atoms with van der Waals surface area (Å²) in [5.74, 6) is 6.64. The Balaban J connectivity index is 2.03. The molecule has 0 atom stereocenters. The summed E-state index contributed by atoms with van der Waals surface area (Å²) >= 11 is 0. The number of nitrogens with zero attached hydrogens (tertiary/aromatic N) is 1. The number of methoxy groups -OCH3 is 1. The van der Waals surface area contributed by atoms with Crippen molar-refractivity contribution < 1.29 is 14.3 Å². The summed E-state index contributed by atoms with van der Waals surface area (Å²) in [4.78, 5) is 13.9. The Labute approximate surface area is 137 Å². The van der Waals surface area contributed by atoms with Crippen molar-refractivity contribution in [2.75, 3.05) is 26.8 Å². The van der Waals surface area contributed by atoms with Crippen LogP contribution in [-0.4, -0.2) is 37.6 Å². The monoisotopic (exact) mass is 319 g/mol. The number of hydrazine groups is 1. The third-order valence-corrected chi connectivity index (χ3v) is 4.12. The fraction of sp³-hybridized carbons (Fsp3) is 0.471. The van der Waals surface area contributed by atoms with E-state index >= 15 is 0 Å². The molecular weight excluding hydrogens is 294 g/mol. The molecule has 2 rings (SSSR count). The second-order valence-electron chi connectivity index (χ2n) is 5.61. The van der Waals surface area contributed by atoms with Crippen molar-refractivity contribution >= 4 is 5.91 Å². The number of para-hydroxylation sites is 1. The Morgan fingerprint density at radius 2 is 2.22 bits per heavy atom. The van der Waals surface area contributed by atoms with E-state index in [1.54, 1.807) is 13.2 Å². The lowest BCUT2D eigenvalue weighted by Gasteiger charge is -2.31. The summed E-state index contributed by atoms with van der Waals surface area (Å²) in [5, 5.41) is 0. The molecule has 0 unspecified atom stereocenters.